The summed E-state index contributed by atoms with van der Waals surface area (Å²) in [5, 5.41) is 7.89. The topological polar surface area (TPSA) is 116 Å². The van der Waals surface area contributed by atoms with Crippen molar-refractivity contribution in [2.45, 2.75) is 55.3 Å². The minimum atomic E-state index is -3.72. The number of sulfonamides is 1. The van der Waals surface area contributed by atoms with E-state index in [1.54, 1.807) is 12.1 Å². The number of hydrogen-bond acceptors (Lipinski definition) is 5. The van der Waals surface area contributed by atoms with Crippen LogP contribution in [0.2, 0.25) is 0 Å². The molecule has 0 aromatic heterocycles. The molecule has 0 aliphatic heterocycles. The molecular formula is C27H32N2O5S. The van der Waals surface area contributed by atoms with E-state index in [0.29, 0.717) is 24.8 Å². The van der Waals surface area contributed by atoms with E-state index >= 15 is 0 Å². The molecule has 7 nitrogen and oxygen atoms in total. The zero-order valence-electron chi connectivity index (χ0n) is 19.7. The molecule has 0 saturated heterocycles. The molecule has 186 valence electrons. The SMILES string of the molecule is NS(=O)(=O)c1ccc(CCNC(=O)COC(=O)C23CC4CC(C2)CC(c2ccccc2)(C4)C3)cc1. The lowest BCUT2D eigenvalue weighted by atomic mass is 9.43. The van der Waals surface area contributed by atoms with E-state index in [0.717, 1.165) is 37.7 Å². The first-order valence-electron chi connectivity index (χ1n) is 12.3. The normalized spacial score (nSPS) is 29.1. The van der Waals surface area contributed by atoms with Crippen LogP contribution >= 0.6 is 0 Å². The maximum absolute atomic E-state index is 13.3. The third-order valence-corrected chi connectivity index (χ3v) is 9.13. The summed E-state index contributed by atoms with van der Waals surface area (Å²) in [6.45, 7) is 0.0795. The van der Waals surface area contributed by atoms with Crippen molar-refractivity contribution in [3.05, 3.63) is 65.7 Å². The highest BCUT2D eigenvalue weighted by atomic mass is 32.2. The van der Waals surface area contributed by atoms with Gasteiger partial charge in [0.2, 0.25) is 10.0 Å². The highest BCUT2D eigenvalue weighted by molar-refractivity contribution is 7.89. The summed E-state index contributed by atoms with van der Waals surface area (Å²) >= 11 is 0. The Morgan fingerprint density at radius 2 is 1.63 bits per heavy atom. The van der Waals surface area contributed by atoms with Crippen molar-refractivity contribution >= 4 is 21.9 Å². The Hall–Kier alpha value is -2.71. The van der Waals surface area contributed by atoms with E-state index in [4.69, 9.17) is 9.88 Å². The minimum Gasteiger partial charge on any atom is -0.455 e. The second kappa shape index (κ2) is 9.06. The number of ether oxygens (including phenoxy) is 1. The van der Waals surface area contributed by atoms with Crippen LogP contribution in [0.5, 0.6) is 0 Å². The highest BCUT2D eigenvalue weighted by Crippen LogP contribution is 2.66. The number of primary sulfonamides is 1. The quantitative estimate of drug-likeness (QED) is 0.545. The predicted octanol–water partition coefficient (Wildman–Crippen LogP) is 3.07. The smallest absolute Gasteiger partial charge is 0.312 e. The van der Waals surface area contributed by atoms with Gasteiger partial charge in [0, 0.05) is 6.54 Å². The number of amides is 1. The number of esters is 1. The van der Waals surface area contributed by atoms with Crippen molar-refractivity contribution in [1.82, 2.24) is 5.32 Å². The summed E-state index contributed by atoms with van der Waals surface area (Å²) in [5.41, 5.74) is 1.77. The third kappa shape index (κ3) is 4.86. The van der Waals surface area contributed by atoms with Crippen LogP contribution in [0.1, 0.15) is 49.7 Å². The van der Waals surface area contributed by atoms with Crippen LogP contribution in [0.4, 0.5) is 0 Å². The van der Waals surface area contributed by atoms with Crippen molar-refractivity contribution in [1.29, 1.82) is 0 Å². The average Bonchev–Trinajstić information content (AvgIpc) is 2.82. The first kappa shape index (κ1) is 24.0. The van der Waals surface area contributed by atoms with Crippen molar-refractivity contribution in [2.75, 3.05) is 13.2 Å². The highest BCUT2D eigenvalue weighted by Gasteiger charge is 2.61. The molecule has 4 bridgehead atoms. The Kier molecular flexibility index (Phi) is 6.21. The molecule has 2 aromatic carbocycles. The van der Waals surface area contributed by atoms with Crippen LogP contribution in [0.15, 0.2) is 59.5 Å². The van der Waals surface area contributed by atoms with Crippen molar-refractivity contribution in [2.24, 2.45) is 22.4 Å². The maximum Gasteiger partial charge on any atom is 0.312 e. The van der Waals surface area contributed by atoms with Crippen molar-refractivity contribution in [3.8, 4) is 0 Å². The second-order valence-electron chi connectivity index (χ2n) is 10.8. The Labute approximate surface area is 206 Å². The lowest BCUT2D eigenvalue weighted by Gasteiger charge is -2.61. The molecule has 4 saturated carbocycles. The van der Waals surface area contributed by atoms with Gasteiger partial charge < -0.3 is 10.1 Å². The van der Waals surface area contributed by atoms with Crippen LogP contribution in [0.3, 0.4) is 0 Å². The van der Waals surface area contributed by atoms with Gasteiger partial charge >= 0.3 is 5.97 Å². The van der Waals surface area contributed by atoms with Gasteiger partial charge in [0.25, 0.3) is 5.91 Å². The van der Waals surface area contributed by atoms with E-state index < -0.39 is 15.4 Å². The van der Waals surface area contributed by atoms with Gasteiger partial charge in [0.1, 0.15) is 0 Å². The molecule has 8 heteroatoms. The molecule has 3 N–H and O–H groups in total. The number of benzene rings is 2. The van der Waals surface area contributed by atoms with Gasteiger partial charge in [-0.3, -0.25) is 9.59 Å². The molecule has 4 fully saturated rings. The summed E-state index contributed by atoms with van der Waals surface area (Å²) < 4.78 is 28.3. The lowest BCUT2D eigenvalue weighted by Crippen LogP contribution is -2.57. The molecule has 4 aliphatic rings. The second-order valence-corrected chi connectivity index (χ2v) is 12.3. The molecule has 6 rings (SSSR count). The van der Waals surface area contributed by atoms with Gasteiger partial charge in [-0.1, -0.05) is 42.5 Å². The van der Waals surface area contributed by atoms with Gasteiger partial charge in [-0.2, -0.15) is 0 Å². The Morgan fingerprint density at radius 1 is 0.971 bits per heavy atom. The summed E-state index contributed by atoms with van der Waals surface area (Å²) in [6.07, 6.45) is 6.55. The van der Waals surface area contributed by atoms with Gasteiger partial charge in [0.15, 0.2) is 6.61 Å². The maximum atomic E-state index is 13.3. The summed E-state index contributed by atoms with van der Waals surface area (Å²) in [6, 6.07) is 16.8. The van der Waals surface area contributed by atoms with Gasteiger partial charge in [-0.25, -0.2) is 13.6 Å². The number of nitrogens with two attached hydrogens (primary N) is 1. The van der Waals surface area contributed by atoms with Crippen LogP contribution in [0.25, 0.3) is 0 Å². The Bertz CT molecular complexity index is 1200. The molecule has 2 aromatic rings. The zero-order valence-corrected chi connectivity index (χ0v) is 20.6. The van der Waals surface area contributed by atoms with E-state index in [1.165, 1.54) is 24.1 Å². The van der Waals surface area contributed by atoms with Crippen LogP contribution in [0, 0.1) is 17.3 Å². The number of carbonyl (C=O) groups is 2. The fraction of sp³-hybridized carbons (Fsp3) is 0.481. The molecule has 0 spiro atoms. The van der Waals surface area contributed by atoms with Crippen LogP contribution < -0.4 is 10.5 Å². The van der Waals surface area contributed by atoms with Gasteiger partial charge in [-0.15, -0.1) is 0 Å². The molecule has 1 amide bonds. The molecule has 0 radical (unpaired) electrons. The fourth-order valence-electron chi connectivity index (χ4n) is 7.16. The van der Waals surface area contributed by atoms with Crippen molar-refractivity contribution in [3.63, 3.8) is 0 Å². The summed E-state index contributed by atoms with van der Waals surface area (Å²) in [7, 11) is -3.72. The summed E-state index contributed by atoms with van der Waals surface area (Å²) in [4.78, 5) is 25.7. The van der Waals surface area contributed by atoms with Crippen molar-refractivity contribution < 1.29 is 22.7 Å². The van der Waals surface area contributed by atoms with Crippen LogP contribution in [-0.4, -0.2) is 33.4 Å². The number of hydrogen-bond donors (Lipinski definition) is 2. The largest absolute Gasteiger partial charge is 0.455 e. The Morgan fingerprint density at radius 3 is 2.26 bits per heavy atom. The molecule has 2 atom stereocenters. The van der Waals surface area contributed by atoms with Gasteiger partial charge in [0.05, 0.1) is 10.3 Å². The minimum absolute atomic E-state index is 0.0470. The molecule has 35 heavy (non-hydrogen) atoms. The molecule has 0 heterocycles. The average molecular weight is 497 g/mol. The molecular weight excluding hydrogens is 464 g/mol. The molecule has 2 unspecified atom stereocenters. The number of nitrogens with one attached hydrogen (secondary N) is 1. The van der Waals surface area contributed by atoms with E-state index in [9.17, 15) is 18.0 Å². The van der Waals surface area contributed by atoms with E-state index in [2.05, 4.69) is 29.6 Å². The predicted molar refractivity (Wildman–Crippen MR) is 131 cm³/mol. The number of rotatable bonds is 8. The Balaban J connectivity index is 1.15. The molecule has 4 aliphatic carbocycles. The summed E-state index contributed by atoms with van der Waals surface area (Å²) in [5.74, 6) is 0.527. The fourth-order valence-corrected chi connectivity index (χ4v) is 7.67. The zero-order chi connectivity index (χ0) is 24.7. The lowest BCUT2D eigenvalue weighted by molar-refractivity contribution is -0.175. The monoisotopic (exact) mass is 496 g/mol. The van der Waals surface area contributed by atoms with Gasteiger partial charge in [-0.05, 0) is 85.5 Å². The first-order chi connectivity index (χ1) is 16.7. The van der Waals surface area contributed by atoms with E-state index in [-0.39, 0.29) is 28.8 Å². The third-order valence-electron chi connectivity index (χ3n) is 8.20. The van der Waals surface area contributed by atoms with Crippen LogP contribution in [-0.2, 0) is 36.2 Å². The van der Waals surface area contributed by atoms with E-state index in [1.807, 2.05) is 6.07 Å². The standard InChI is InChI=1S/C27H32N2O5S/c28-35(32,33)23-8-6-19(7-9-23)10-11-29-24(30)17-34-25(31)27-15-20-12-21(16-27)14-26(13-20,18-27)22-4-2-1-3-5-22/h1-9,20-21H,10-18H2,(H,29,30)(H2,28,32,33). The first-order valence-corrected chi connectivity index (χ1v) is 13.8. The number of carbonyl (C=O) groups excluding carboxylic acids is 2.